The van der Waals surface area contributed by atoms with E-state index in [1.807, 2.05) is 0 Å². The number of nitrogens with one attached hydrogen (secondary N) is 1. The third-order valence-corrected chi connectivity index (χ3v) is 4.33. The highest BCUT2D eigenvalue weighted by Crippen LogP contribution is 2.31. The zero-order valence-electron chi connectivity index (χ0n) is 12.7. The predicted molar refractivity (Wildman–Crippen MR) is 88.5 cm³/mol. The largest absolute Gasteiger partial charge is 0.377 e. The van der Waals surface area contributed by atoms with Crippen molar-refractivity contribution in [3.8, 4) is 0 Å². The molecule has 0 spiro atoms. The van der Waals surface area contributed by atoms with Crippen molar-refractivity contribution in [2.45, 2.75) is 39.3 Å². The van der Waals surface area contributed by atoms with Crippen molar-refractivity contribution in [3.63, 3.8) is 0 Å². The molecule has 1 aromatic carbocycles. The molecule has 20 heavy (non-hydrogen) atoms. The molecule has 1 saturated heterocycles. The summed E-state index contributed by atoms with van der Waals surface area (Å²) < 4.78 is 6.70. The first-order valence-corrected chi connectivity index (χ1v) is 8.30. The van der Waals surface area contributed by atoms with E-state index in [-0.39, 0.29) is 0 Å². The van der Waals surface area contributed by atoms with E-state index in [9.17, 15) is 0 Å². The van der Waals surface area contributed by atoms with E-state index in [0.717, 1.165) is 37.2 Å². The summed E-state index contributed by atoms with van der Waals surface area (Å²) in [4.78, 5) is 2.47. The van der Waals surface area contributed by atoms with Crippen molar-refractivity contribution in [3.05, 3.63) is 28.2 Å². The molecule has 0 saturated carbocycles. The molecular weight excluding hydrogens is 316 g/mol. The third-order valence-electron chi connectivity index (χ3n) is 3.83. The highest BCUT2D eigenvalue weighted by Gasteiger charge is 2.23. The van der Waals surface area contributed by atoms with Gasteiger partial charge in [0.25, 0.3) is 0 Å². The topological polar surface area (TPSA) is 24.5 Å². The van der Waals surface area contributed by atoms with Gasteiger partial charge in [-0.1, -0.05) is 22.9 Å². The highest BCUT2D eigenvalue weighted by molar-refractivity contribution is 9.10. The quantitative estimate of drug-likeness (QED) is 0.883. The van der Waals surface area contributed by atoms with Crippen molar-refractivity contribution in [2.24, 2.45) is 0 Å². The van der Waals surface area contributed by atoms with Crippen LogP contribution in [0.15, 0.2) is 22.7 Å². The second-order valence-electron chi connectivity index (χ2n) is 5.50. The van der Waals surface area contributed by atoms with Crippen LogP contribution in [0.2, 0.25) is 0 Å². The van der Waals surface area contributed by atoms with Crippen molar-refractivity contribution in [1.82, 2.24) is 5.32 Å². The number of hydrogen-bond donors (Lipinski definition) is 1. The molecule has 112 valence electrons. The summed E-state index contributed by atoms with van der Waals surface area (Å²) in [6, 6.07) is 7.39. The standard InChI is InChI=1S/C16H25BrN2O/c1-4-7-18-13(3)15-10-14(17)5-6-16(15)19-8-9-20-11-12(19)2/h5-6,10,12-13,18H,4,7-9,11H2,1-3H3. The average molecular weight is 341 g/mol. The lowest BCUT2D eigenvalue weighted by Gasteiger charge is -2.37. The van der Waals surface area contributed by atoms with Gasteiger partial charge in [0.2, 0.25) is 0 Å². The monoisotopic (exact) mass is 340 g/mol. The summed E-state index contributed by atoms with van der Waals surface area (Å²) in [7, 11) is 0. The Bertz CT molecular complexity index is 438. The summed E-state index contributed by atoms with van der Waals surface area (Å²) >= 11 is 3.60. The number of halogens is 1. The van der Waals surface area contributed by atoms with E-state index in [0.29, 0.717) is 12.1 Å². The van der Waals surface area contributed by atoms with Crippen LogP contribution >= 0.6 is 15.9 Å². The van der Waals surface area contributed by atoms with E-state index >= 15 is 0 Å². The van der Waals surface area contributed by atoms with Gasteiger partial charge in [-0.15, -0.1) is 0 Å². The first kappa shape index (κ1) is 15.8. The lowest BCUT2D eigenvalue weighted by Crippen LogP contribution is -2.44. The third kappa shape index (κ3) is 3.74. The van der Waals surface area contributed by atoms with Crippen molar-refractivity contribution >= 4 is 21.6 Å². The maximum Gasteiger partial charge on any atom is 0.0668 e. The van der Waals surface area contributed by atoms with E-state index in [4.69, 9.17) is 4.74 Å². The molecule has 3 nitrogen and oxygen atoms in total. The molecule has 0 radical (unpaired) electrons. The van der Waals surface area contributed by atoms with Gasteiger partial charge in [-0.25, -0.2) is 0 Å². The van der Waals surface area contributed by atoms with Crippen LogP contribution in [0.3, 0.4) is 0 Å². The van der Waals surface area contributed by atoms with E-state index in [1.54, 1.807) is 0 Å². The fraction of sp³-hybridized carbons (Fsp3) is 0.625. The summed E-state index contributed by atoms with van der Waals surface area (Å²) in [5.74, 6) is 0. The SMILES string of the molecule is CCCNC(C)c1cc(Br)ccc1N1CCOCC1C. The average Bonchev–Trinajstić information content (AvgIpc) is 2.45. The van der Waals surface area contributed by atoms with Gasteiger partial charge in [0, 0.05) is 28.8 Å². The highest BCUT2D eigenvalue weighted by atomic mass is 79.9. The number of rotatable bonds is 5. The van der Waals surface area contributed by atoms with Crippen LogP contribution in [0.25, 0.3) is 0 Å². The van der Waals surface area contributed by atoms with E-state index < -0.39 is 0 Å². The molecule has 4 heteroatoms. The molecule has 2 unspecified atom stereocenters. The van der Waals surface area contributed by atoms with Crippen LogP contribution in [0.4, 0.5) is 5.69 Å². The molecule has 1 aliphatic rings. The first-order chi connectivity index (χ1) is 9.63. The van der Waals surface area contributed by atoms with E-state index in [2.05, 4.69) is 65.1 Å². The minimum Gasteiger partial charge on any atom is -0.377 e. The minimum absolute atomic E-state index is 0.359. The zero-order valence-corrected chi connectivity index (χ0v) is 14.2. The number of morpholine rings is 1. The zero-order chi connectivity index (χ0) is 14.5. The number of hydrogen-bond acceptors (Lipinski definition) is 3. The van der Waals surface area contributed by atoms with Crippen LogP contribution in [0, 0.1) is 0 Å². The number of benzene rings is 1. The predicted octanol–water partition coefficient (Wildman–Crippen LogP) is 3.73. The van der Waals surface area contributed by atoms with Gasteiger partial charge in [0.05, 0.1) is 13.2 Å². The minimum atomic E-state index is 0.359. The molecule has 1 fully saturated rings. The Morgan fingerprint density at radius 1 is 1.50 bits per heavy atom. The molecule has 1 aliphatic heterocycles. The molecule has 1 aromatic rings. The molecular formula is C16H25BrN2O. The molecule has 1 heterocycles. The van der Waals surface area contributed by atoms with Crippen molar-refractivity contribution < 1.29 is 4.74 Å². The molecule has 1 N–H and O–H groups in total. The fourth-order valence-electron chi connectivity index (χ4n) is 2.69. The van der Waals surface area contributed by atoms with Crippen LogP contribution in [-0.2, 0) is 4.74 Å². The molecule has 2 atom stereocenters. The summed E-state index contributed by atoms with van der Waals surface area (Å²) in [5.41, 5.74) is 2.70. The Morgan fingerprint density at radius 2 is 2.30 bits per heavy atom. The van der Waals surface area contributed by atoms with Crippen molar-refractivity contribution in [2.75, 3.05) is 31.2 Å². The van der Waals surface area contributed by atoms with Gasteiger partial charge < -0.3 is 15.0 Å². The van der Waals surface area contributed by atoms with E-state index in [1.165, 1.54) is 11.3 Å². The second-order valence-corrected chi connectivity index (χ2v) is 6.41. The first-order valence-electron chi connectivity index (χ1n) is 7.50. The Morgan fingerprint density at radius 3 is 3.00 bits per heavy atom. The second kappa shape index (κ2) is 7.43. The van der Waals surface area contributed by atoms with Gasteiger partial charge in [0.1, 0.15) is 0 Å². The van der Waals surface area contributed by atoms with Crippen LogP contribution in [0.5, 0.6) is 0 Å². The Labute approximate surface area is 130 Å². The number of nitrogens with zero attached hydrogens (tertiary/aromatic N) is 1. The van der Waals surface area contributed by atoms with Gasteiger partial charge >= 0.3 is 0 Å². The maximum atomic E-state index is 5.56. The molecule has 0 bridgehead atoms. The number of anilines is 1. The summed E-state index contributed by atoms with van der Waals surface area (Å²) in [6.07, 6.45) is 1.15. The van der Waals surface area contributed by atoms with Gasteiger partial charge in [-0.05, 0) is 50.6 Å². The fourth-order valence-corrected chi connectivity index (χ4v) is 3.07. The van der Waals surface area contributed by atoms with Crippen LogP contribution < -0.4 is 10.2 Å². The lowest BCUT2D eigenvalue weighted by molar-refractivity contribution is 0.0988. The number of ether oxygens (including phenoxy) is 1. The lowest BCUT2D eigenvalue weighted by atomic mass is 10.0. The molecule has 2 rings (SSSR count). The van der Waals surface area contributed by atoms with Crippen LogP contribution in [-0.4, -0.2) is 32.3 Å². The van der Waals surface area contributed by atoms with Crippen LogP contribution in [0.1, 0.15) is 38.8 Å². The van der Waals surface area contributed by atoms with Gasteiger partial charge in [-0.2, -0.15) is 0 Å². The van der Waals surface area contributed by atoms with Gasteiger partial charge in [-0.3, -0.25) is 0 Å². The Hall–Kier alpha value is -0.580. The Balaban J connectivity index is 2.27. The molecule has 0 aromatic heterocycles. The molecule has 0 amide bonds. The smallest absolute Gasteiger partial charge is 0.0668 e. The normalized spacial score (nSPS) is 21.0. The van der Waals surface area contributed by atoms with Crippen molar-refractivity contribution in [1.29, 1.82) is 0 Å². The molecule has 0 aliphatic carbocycles. The Kier molecular flexibility index (Phi) is 5.87. The summed E-state index contributed by atoms with van der Waals surface area (Å²) in [6.45, 7) is 10.3. The van der Waals surface area contributed by atoms with Gasteiger partial charge in [0.15, 0.2) is 0 Å². The summed E-state index contributed by atoms with van der Waals surface area (Å²) in [5, 5.41) is 3.59. The maximum absolute atomic E-state index is 5.56.